The van der Waals surface area contributed by atoms with Gasteiger partial charge < -0.3 is 5.32 Å². The molecule has 2 aromatic carbocycles. The molecule has 0 fully saturated rings. The van der Waals surface area contributed by atoms with Gasteiger partial charge in [-0.05, 0) is 68.3 Å². The van der Waals surface area contributed by atoms with Gasteiger partial charge in [-0.15, -0.1) is 11.8 Å². The lowest BCUT2D eigenvalue weighted by Gasteiger charge is -2.08. The average molecular weight is 313 g/mol. The van der Waals surface area contributed by atoms with Crippen molar-refractivity contribution in [3.63, 3.8) is 0 Å². The minimum Gasteiger partial charge on any atom is -0.352 e. The zero-order valence-corrected chi connectivity index (χ0v) is 14.3. The number of hydrogen-bond acceptors (Lipinski definition) is 2. The highest BCUT2D eigenvalue weighted by molar-refractivity contribution is 7.98. The van der Waals surface area contributed by atoms with Gasteiger partial charge in [-0.3, -0.25) is 4.79 Å². The molecule has 0 bridgehead atoms. The van der Waals surface area contributed by atoms with Crippen molar-refractivity contribution >= 4 is 17.7 Å². The summed E-state index contributed by atoms with van der Waals surface area (Å²) in [5.41, 5.74) is 4.72. The Kier molecular flexibility index (Phi) is 6.08. The first kappa shape index (κ1) is 16.6. The minimum atomic E-state index is 0.00767. The molecule has 22 heavy (non-hydrogen) atoms. The van der Waals surface area contributed by atoms with Gasteiger partial charge >= 0.3 is 0 Å². The van der Waals surface area contributed by atoms with Gasteiger partial charge in [0.1, 0.15) is 0 Å². The summed E-state index contributed by atoms with van der Waals surface area (Å²) in [4.78, 5) is 13.2. The summed E-state index contributed by atoms with van der Waals surface area (Å²) in [7, 11) is 0. The van der Waals surface area contributed by atoms with Crippen molar-refractivity contribution < 1.29 is 4.79 Å². The van der Waals surface area contributed by atoms with E-state index in [1.807, 2.05) is 30.5 Å². The van der Waals surface area contributed by atoms with Crippen LogP contribution in [0.2, 0.25) is 0 Å². The lowest BCUT2D eigenvalue weighted by atomic mass is 10.0. The van der Waals surface area contributed by atoms with E-state index in [9.17, 15) is 4.79 Å². The predicted octanol–water partition coefficient (Wildman–Crippen LogP) is 4.39. The van der Waals surface area contributed by atoms with E-state index in [4.69, 9.17) is 0 Å². The largest absolute Gasteiger partial charge is 0.352 e. The summed E-state index contributed by atoms with van der Waals surface area (Å²) < 4.78 is 0. The molecule has 0 heterocycles. The lowest BCUT2D eigenvalue weighted by molar-refractivity contribution is 0.0953. The lowest BCUT2D eigenvalue weighted by Crippen LogP contribution is -2.24. The number of nitrogens with one attached hydrogen (secondary N) is 1. The average Bonchev–Trinajstić information content (AvgIpc) is 2.53. The molecule has 2 rings (SSSR count). The molecular weight excluding hydrogens is 290 g/mol. The van der Waals surface area contributed by atoms with Gasteiger partial charge in [-0.2, -0.15) is 0 Å². The van der Waals surface area contributed by atoms with E-state index >= 15 is 0 Å². The summed E-state index contributed by atoms with van der Waals surface area (Å²) in [5, 5.41) is 2.99. The molecule has 0 saturated carbocycles. The van der Waals surface area contributed by atoms with Crippen molar-refractivity contribution in [2.45, 2.75) is 31.6 Å². The van der Waals surface area contributed by atoms with Gasteiger partial charge in [-0.1, -0.05) is 23.8 Å². The second-order valence-electron chi connectivity index (χ2n) is 5.52. The summed E-state index contributed by atoms with van der Waals surface area (Å²) in [5.74, 6) is 0.00767. The summed E-state index contributed by atoms with van der Waals surface area (Å²) in [6.45, 7) is 4.96. The molecule has 1 amide bonds. The molecule has 0 spiro atoms. The zero-order chi connectivity index (χ0) is 15.9. The second kappa shape index (κ2) is 8.04. The van der Waals surface area contributed by atoms with E-state index in [1.165, 1.54) is 21.6 Å². The van der Waals surface area contributed by atoms with Crippen LogP contribution in [0.15, 0.2) is 47.4 Å². The maximum atomic E-state index is 12.0. The Morgan fingerprint density at radius 1 is 1.09 bits per heavy atom. The molecule has 0 atom stereocenters. The van der Waals surface area contributed by atoms with Gasteiger partial charge in [-0.25, -0.2) is 0 Å². The maximum Gasteiger partial charge on any atom is 0.251 e. The van der Waals surface area contributed by atoms with Crippen molar-refractivity contribution in [2.24, 2.45) is 0 Å². The normalized spacial score (nSPS) is 10.5. The molecule has 0 radical (unpaired) electrons. The molecule has 0 aromatic heterocycles. The Hall–Kier alpha value is -1.74. The van der Waals surface area contributed by atoms with Crippen LogP contribution in [0.1, 0.15) is 33.5 Å². The fourth-order valence-corrected chi connectivity index (χ4v) is 2.86. The first-order chi connectivity index (χ1) is 10.6. The van der Waals surface area contributed by atoms with Crippen LogP contribution in [0.4, 0.5) is 0 Å². The number of rotatable bonds is 6. The highest BCUT2D eigenvalue weighted by Crippen LogP contribution is 2.15. The Balaban J connectivity index is 1.79. The van der Waals surface area contributed by atoms with E-state index in [-0.39, 0.29) is 5.91 Å². The quantitative estimate of drug-likeness (QED) is 0.633. The van der Waals surface area contributed by atoms with Crippen LogP contribution >= 0.6 is 11.8 Å². The first-order valence-corrected chi connectivity index (χ1v) is 8.81. The number of amides is 1. The molecular formula is C19H23NOS. The van der Waals surface area contributed by atoms with Gasteiger partial charge in [0, 0.05) is 17.0 Å². The monoisotopic (exact) mass is 313 g/mol. The third-order valence-electron chi connectivity index (χ3n) is 3.76. The zero-order valence-electron chi connectivity index (χ0n) is 13.5. The number of aryl methyl sites for hydroxylation is 3. The van der Waals surface area contributed by atoms with Crippen LogP contribution in [0.5, 0.6) is 0 Å². The van der Waals surface area contributed by atoms with Crippen molar-refractivity contribution in [1.29, 1.82) is 0 Å². The predicted molar refractivity (Wildman–Crippen MR) is 94.8 cm³/mol. The maximum absolute atomic E-state index is 12.0. The number of thioether (sulfide) groups is 1. The van der Waals surface area contributed by atoms with Crippen LogP contribution in [0.25, 0.3) is 0 Å². The van der Waals surface area contributed by atoms with Crippen molar-refractivity contribution in [2.75, 3.05) is 12.8 Å². The van der Waals surface area contributed by atoms with E-state index in [0.29, 0.717) is 6.54 Å². The molecule has 3 heteroatoms. The van der Waals surface area contributed by atoms with Crippen LogP contribution in [-0.4, -0.2) is 18.7 Å². The number of carbonyl (C=O) groups excluding carboxylic acids is 1. The summed E-state index contributed by atoms with van der Waals surface area (Å²) in [6.07, 6.45) is 3.98. The fourth-order valence-electron chi connectivity index (χ4n) is 2.45. The minimum absolute atomic E-state index is 0.00767. The van der Waals surface area contributed by atoms with Crippen LogP contribution in [0.3, 0.4) is 0 Å². The third-order valence-corrected chi connectivity index (χ3v) is 4.50. The summed E-state index contributed by atoms with van der Waals surface area (Å²) in [6, 6.07) is 14.3. The Morgan fingerprint density at radius 2 is 1.82 bits per heavy atom. The second-order valence-corrected chi connectivity index (χ2v) is 6.40. The van der Waals surface area contributed by atoms with Crippen LogP contribution in [0, 0.1) is 13.8 Å². The number of hydrogen-bond donors (Lipinski definition) is 1. The van der Waals surface area contributed by atoms with Gasteiger partial charge in [0.15, 0.2) is 0 Å². The Labute approximate surface area is 137 Å². The molecule has 0 saturated heterocycles. The topological polar surface area (TPSA) is 29.1 Å². The number of benzene rings is 2. The van der Waals surface area contributed by atoms with Gasteiger partial charge in [0.25, 0.3) is 5.91 Å². The molecule has 2 aromatic rings. The highest BCUT2D eigenvalue weighted by Gasteiger charge is 2.05. The molecule has 2 nitrogen and oxygen atoms in total. The standard InChI is InChI=1S/C19H23NOS/c1-14-6-7-16(15(2)13-14)5-4-12-20-19(21)17-8-10-18(22-3)11-9-17/h6-11,13H,4-5,12H2,1-3H3,(H,20,21). The fraction of sp³-hybridized carbons (Fsp3) is 0.316. The molecule has 0 aliphatic carbocycles. The molecule has 0 aliphatic rings. The smallest absolute Gasteiger partial charge is 0.251 e. The Bertz CT molecular complexity index is 634. The summed E-state index contributed by atoms with van der Waals surface area (Å²) >= 11 is 1.68. The molecule has 1 N–H and O–H groups in total. The molecule has 0 unspecified atom stereocenters. The SMILES string of the molecule is CSc1ccc(C(=O)NCCCc2ccc(C)cc2C)cc1. The van der Waals surface area contributed by atoms with Gasteiger partial charge in [0.2, 0.25) is 0 Å². The molecule has 0 aliphatic heterocycles. The first-order valence-electron chi connectivity index (χ1n) is 7.58. The van der Waals surface area contributed by atoms with Crippen LogP contribution < -0.4 is 5.32 Å². The highest BCUT2D eigenvalue weighted by atomic mass is 32.2. The van der Waals surface area contributed by atoms with E-state index in [2.05, 4.69) is 37.4 Å². The van der Waals surface area contributed by atoms with Crippen molar-refractivity contribution in [1.82, 2.24) is 5.32 Å². The third kappa shape index (κ3) is 4.63. The molecule has 116 valence electrons. The van der Waals surface area contributed by atoms with Gasteiger partial charge in [0.05, 0.1) is 0 Å². The van der Waals surface area contributed by atoms with Crippen LogP contribution in [-0.2, 0) is 6.42 Å². The van der Waals surface area contributed by atoms with E-state index < -0.39 is 0 Å². The Morgan fingerprint density at radius 3 is 2.45 bits per heavy atom. The van der Waals surface area contributed by atoms with Crippen molar-refractivity contribution in [3.8, 4) is 0 Å². The van der Waals surface area contributed by atoms with Crippen molar-refractivity contribution in [3.05, 3.63) is 64.7 Å². The van der Waals surface area contributed by atoms with E-state index in [0.717, 1.165) is 18.4 Å². The van der Waals surface area contributed by atoms with E-state index in [1.54, 1.807) is 11.8 Å². The number of carbonyl (C=O) groups is 1.